The van der Waals surface area contributed by atoms with Crippen molar-refractivity contribution in [1.29, 1.82) is 0 Å². The van der Waals surface area contributed by atoms with Gasteiger partial charge in [0.25, 0.3) is 27.9 Å². The zero-order valence-electron chi connectivity index (χ0n) is 23.2. The van der Waals surface area contributed by atoms with Gasteiger partial charge in [-0.3, -0.25) is 14.2 Å². The summed E-state index contributed by atoms with van der Waals surface area (Å²) >= 11 is 0. The van der Waals surface area contributed by atoms with E-state index in [4.69, 9.17) is 0 Å². The fraction of sp³-hybridized carbons (Fsp3) is 0.360. The van der Waals surface area contributed by atoms with Crippen LogP contribution in [0.2, 0.25) is 0 Å². The Morgan fingerprint density at radius 2 is 1.82 bits per heavy atom. The van der Waals surface area contributed by atoms with E-state index in [2.05, 4.69) is 30.7 Å². The number of nitrogens with one attached hydrogen (secondary N) is 2. The maximum Gasteiger partial charge on any atom is 0.284 e. The van der Waals surface area contributed by atoms with Gasteiger partial charge in [-0.05, 0) is 43.2 Å². The van der Waals surface area contributed by atoms with E-state index in [0.29, 0.717) is 30.0 Å². The number of carbonyl (C=O) groups is 1. The first-order valence-corrected chi connectivity index (χ1v) is 16.5. The summed E-state index contributed by atoms with van der Waals surface area (Å²) < 4.78 is 79.1. The molecular weight excluding hydrogens is 624 g/mol. The predicted molar refractivity (Wildman–Crippen MR) is 153 cm³/mol. The number of benzene rings is 1. The summed E-state index contributed by atoms with van der Waals surface area (Å²) in [4.78, 5) is 37.8. The van der Waals surface area contributed by atoms with Gasteiger partial charge in [0, 0.05) is 49.4 Å². The number of halogens is 2. The Balaban J connectivity index is 1.31. The van der Waals surface area contributed by atoms with Crippen LogP contribution in [0.3, 0.4) is 0 Å². The van der Waals surface area contributed by atoms with Crippen LogP contribution in [0, 0.1) is 0 Å². The first-order chi connectivity index (χ1) is 20.8. The van der Waals surface area contributed by atoms with Crippen molar-refractivity contribution in [1.82, 2.24) is 38.3 Å². The number of sulfonamides is 1. The second-order valence-corrected chi connectivity index (χ2v) is 13.7. The van der Waals surface area contributed by atoms with Gasteiger partial charge < -0.3 is 10.6 Å². The molecule has 1 fully saturated rings. The maximum atomic E-state index is 13.7. The Bertz CT molecular complexity index is 1940. The Morgan fingerprint density at radius 1 is 1.11 bits per heavy atom. The van der Waals surface area contributed by atoms with E-state index >= 15 is 0 Å². The Kier molecular flexibility index (Phi) is 8.71. The number of alkyl halides is 2. The molecule has 2 N–H and O–H groups in total. The zero-order chi connectivity index (χ0) is 31.6. The molecule has 44 heavy (non-hydrogen) atoms. The van der Waals surface area contributed by atoms with E-state index in [-0.39, 0.29) is 46.6 Å². The van der Waals surface area contributed by atoms with E-state index in [0.717, 1.165) is 29.5 Å². The molecule has 234 valence electrons. The third-order valence-corrected chi connectivity index (χ3v) is 9.88. The average molecular weight is 652 g/mol. The quantitative estimate of drug-likeness (QED) is 0.247. The van der Waals surface area contributed by atoms with Gasteiger partial charge in [-0.15, -0.1) is 9.19 Å². The lowest BCUT2D eigenvalue weighted by atomic mass is 10.1. The number of carbonyl (C=O) groups excluding carboxylic acids is 1. The normalized spacial score (nSPS) is 15.1. The molecule has 4 heterocycles. The topological polar surface area (TPSA) is 191 Å². The first kappa shape index (κ1) is 31.1. The Labute approximate surface area is 250 Å². The molecule has 0 saturated carbocycles. The van der Waals surface area contributed by atoms with E-state index in [1.165, 1.54) is 34.8 Å². The highest BCUT2D eigenvalue weighted by Crippen LogP contribution is 2.22. The molecule has 5 rings (SSSR count). The van der Waals surface area contributed by atoms with Crippen LogP contribution in [-0.4, -0.2) is 87.7 Å². The summed E-state index contributed by atoms with van der Waals surface area (Å²) in [7, 11) is -7.29. The van der Waals surface area contributed by atoms with Crippen LogP contribution in [0.15, 0.2) is 58.9 Å². The van der Waals surface area contributed by atoms with Crippen molar-refractivity contribution in [2.24, 2.45) is 0 Å². The fourth-order valence-electron chi connectivity index (χ4n) is 4.72. The third-order valence-electron chi connectivity index (χ3n) is 7.03. The molecule has 15 nitrogen and oxygen atoms in total. The molecule has 1 aliphatic heterocycles. The molecule has 1 saturated heterocycles. The smallest absolute Gasteiger partial charge is 0.284 e. The Morgan fingerprint density at radius 3 is 2.43 bits per heavy atom. The number of fused-ring (bicyclic) bond motifs is 1. The van der Waals surface area contributed by atoms with Crippen molar-refractivity contribution >= 4 is 42.9 Å². The maximum absolute atomic E-state index is 13.7. The molecule has 3 aromatic heterocycles. The highest BCUT2D eigenvalue weighted by molar-refractivity contribution is 7.89. The van der Waals surface area contributed by atoms with E-state index in [1.807, 2.05) is 0 Å². The fourth-order valence-corrected chi connectivity index (χ4v) is 6.64. The molecule has 0 spiro atoms. The van der Waals surface area contributed by atoms with Crippen molar-refractivity contribution in [3.8, 4) is 0 Å². The molecule has 1 aliphatic rings. The SMILES string of the molecule is CS(=O)(=O)N1CCC(Nc2ncc3cc(C(F)F)c(=O)n(CCNC(=O)c4ccc(S(=O)(=O)n5cncn5)cc4)c3n2)CC1. The second kappa shape index (κ2) is 12.3. The molecule has 4 aromatic rings. The van der Waals surface area contributed by atoms with Crippen molar-refractivity contribution in [2.75, 3.05) is 31.2 Å². The van der Waals surface area contributed by atoms with Gasteiger partial charge in [-0.25, -0.2) is 31.5 Å². The first-order valence-electron chi connectivity index (χ1n) is 13.2. The number of piperidine rings is 1. The summed E-state index contributed by atoms with van der Waals surface area (Å²) in [5.41, 5.74) is -1.53. The molecular formula is C25H27F2N9O6S2. The lowest BCUT2D eigenvalue weighted by Crippen LogP contribution is -2.42. The number of amides is 1. The van der Waals surface area contributed by atoms with Crippen molar-refractivity contribution in [3.05, 3.63) is 70.7 Å². The Hall–Kier alpha value is -4.36. The van der Waals surface area contributed by atoms with Gasteiger partial charge in [0.15, 0.2) is 0 Å². The minimum atomic E-state index is -3.98. The van der Waals surface area contributed by atoms with Gasteiger partial charge in [0.1, 0.15) is 18.3 Å². The molecule has 0 radical (unpaired) electrons. The van der Waals surface area contributed by atoms with Crippen molar-refractivity contribution in [2.45, 2.75) is 36.7 Å². The van der Waals surface area contributed by atoms with E-state index < -0.39 is 43.5 Å². The van der Waals surface area contributed by atoms with E-state index in [9.17, 15) is 35.2 Å². The largest absolute Gasteiger partial charge is 0.351 e. The summed E-state index contributed by atoms with van der Waals surface area (Å²) in [5, 5.41) is 9.51. The number of nitrogens with zero attached hydrogens (tertiary/aromatic N) is 7. The predicted octanol–water partition coefficient (Wildman–Crippen LogP) is 0.824. The minimum absolute atomic E-state index is 0.0717. The lowest BCUT2D eigenvalue weighted by Gasteiger charge is -2.30. The van der Waals surface area contributed by atoms with Crippen LogP contribution in [0.4, 0.5) is 14.7 Å². The van der Waals surface area contributed by atoms with Crippen LogP contribution in [0.25, 0.3) is 11.0 Å². The van der Waals surface area contributed by atoms with Gasteiger partial charge in [0.2, 0.25) is 16.0 Å². The molecule has 0 atom stereocenters. The molecule has 19 heteroatoms. The van der Waals surface area contributed by atoms with Crippen molar-refractivity contribution in [3.63, 3.8) is 0 Å². The zero-order valence-corrected chi connectivity index (χ0v) is 24.8. The number of hydrogen-bond donors (Lipinski definition) is 2. The third kappa shape index (κ3) is 6.58. The molecule has 1 amide bonds. The molecule has 0 bridgehead atoms. The number of pyridine rings is 1. The van der Waals surface area contributed by atoms with Gasteiger partial charge >= 0.3 is 0 Å². The minimum Gasteiger partial charge on any atom is -0.351 e. The number of hydrogen-bond acceptors (Lipinski definition) is 11. The molecule has 0 aliphatic carbocycles. The second-order valence-electron chi connectivity index (χ2n) is 9.96. The van der Waals surface area contributed by atoms with Crippen LogP contribution in [-0.2, 0) is 26.6 Å². The summed E-state index contributed by atoms with van der Waals surface area (Å²) in [6.07, 6.45) is 2.48. The highest BCUT2D eigenvalue weighted by atomic mass is 32.2. The standard InChI is InChI=1S/C25H27F2N9O6S2/c1-43(39,40)34-9-6-18(7-10-34)32-25-30-13-17-12-20(21(26)27)24(38)35(22(17)33-25)11-8-29-23(37)16-2-4-19(5-3-16)44(41,42)36-15-28-14-31-36/h2-5,12-15,18,21H,6-11H2,1H3,(H,29,37)(H,30,32,33). The summed E-state index contributed by atoms with van der Waals surface area (Å²) in [6.45, 7) is 0.277. The van der Waals surface area contributed by atoms with Crippen LogP contribution in [0.5, 0.6) is 0 Å². The number of anilines is 1. The van der Waals surface area contributed by atoms with Gasteiger partial charge in [0.05, 0.1) is 16.7 Å². The summed E-state index contributed by atoms with van der Waals surface area (Å²) in [6, 6.07) is 5.93. The van der Waals surface area contributed by atoms with Gasteiger partial charge in [-0.1, -0.05) is 0 Å². The van der Waals surface area contributed by atoms with E-state index in [1.54, 1.807) is 0 Å². The van der Waals surface area contributed by atoms with Crippen molar-refractivity contribution < 1.29 is 30.4 Å². The van der Waals surface area contributed by atoms with Crippen LogP contribution in [0.1, 0.15) is 35.2 Å². The lowest BCUT2D eigenvalue weighted by molar-refractivity contribution is 0.0951. The molecule has 1 aromatic carbocycles. The molecule has 0 unspecified atom stereocenters. The van der Waals surface area contributed by atoms with Crippen LogP contribution < -0.4 is 16.2 Å². The highest BCUT2D eigenvalue weighted by Gasteiger charge is 2.26. The van der Waals surface area contributed by atoms with Crippen LogP contribution >= 0.6 is 0 Å². The number of aromatic nitrogens is 6. The number of rotatable bonds is 10. The van der Waals surface area contributed by atoms with Gasteiger partial charge in [-0.2, -0.15) is 13.4 Å². The summed E-state index contributed by atoms with van der Waals surface area (Å²) in [5.74, 6) is -0.451. The average Bonchev–Trinajstić information content (AvgIpc) is 3.54. The monoisotopic (exact) mass is 651 g/mol.